The van der Waals surface area contributed by atoms with Crippen molar-refractivity contribution in [3.05, 3.63) is 94.7 Å². The average molecular weight is 424 g/mol. The molecule has 0 aliphatic heterocycles. The lowest BCUT2D eigenvalue weighted by Gasteiger charge is -2.10. The molecular formula is C21H15Cl2N5O. The number of halogens is 2. The van der Waals surface area contributed by atoms with Crippen LogP contribution in [0.2, 0.25) is 10.0 Å². The van der Waals surface area contributed by atoms with Crippen LogP contribution in [0.15, 0.2) is 79.0 Å². The first-order valence-corrected chi connectivity index (χ1v) is 9.46. The fourth-order valence-corrected chi connectivity index (χ4v) is 3.17. The summed E-state index contributed by atoms with van der Waals surface area (Å²) in [6, 6.07) is 22.4. The van der Waals surface area contributed by atoms with Gasteiger partial charge in [-0.05, 0) is 24.3 Å². The summed E-state index contributed by atoms with van der Waals surface area (Å²) < 4.78 is 1.59. The zero-order valence-corrected chi connectivity index (χ0v) is 16.5. The second kappa shape index (κ2) is 8.34. The van der Waals surface area contributed by atoms with Crippen molar-refractivity contribution >= 4 is 34.9 Å². The van der Waals surface area contributed by atoms with Crippen molar-refractivity contribution in [1.29, 1.82) is 0 Å². The highest BCUT2D eigenvalue weighted by molar-refractivity contribution is 6.35. The maximum atomic E-state index is 12.9. The van der Waals surface area contributed by atoms with Crippen LogP contribution in [0.25, 0.3) is 16.9 Å². The standard InChI is InChI=1S/C21H15Cl2N5O/c22-15-11-17(23)20(24-13-15)25-26-21(29)19-12-18(14-7-3-1-4-8-14)27-28(19)16-9-5-2-6-10-16/h1-13H,(H,24,25)(H,26,29). The van der Waals surface area contributed by atoms with Crippen LogP contribution in [-0.2, 0) is 0 Å². The van der Waals surface area contributed by atoms with Gasteiger partial charge in [-0.15, -0.1) is 0 Å². The van der Waals surface area contributed by atoms with Gasteiger partial charge >= 0.3 is 0 Å². The molecule has 0 bridgehead atoms. The molecule has 2 N–H and O–H groups in total. The molecule has 0 aliphatic carbocycles. The van der Waals surface area contributed by atoms with E-state index >= 15 is 0 Å². The molecule has 29 heavy (non-hydrogen) atoms. The molecule has 6 nitrogen and oxygen atoms in total. The average Bonchev–Trinajstić information content (AvgIpc) is 3.20. The second-order valence-corrected chi connectivity index (χ2v) is 6.93. The third-order valence-corrected chi connectivity index (χ3v) is 4.61. The van der Waals surface area contributed by atoms with Crippen molar-refractivity contribution in [3.63, 3.8) is 0 Å². The second-order valence-electron chi connectivity index (χ2n) is 6.09. The van der Waals surface area contributed by atoms with Gasteiger partial charge in [-0.25, -0.2) is 9.67 Å². The minimum atomic E-state index is -0.392. The Morgan fingerprint density at radius 1 is 0.931 bits per heavy atom. The van der Waals surface area contributed by atoms with E-state index in [4.69, 9.17) is 23.2 Å². The van der Waals surface area contributed by atoms with Gasteiger partial charge in [0.2, 0.25) is 0 Å². The number of nitrogens with one attached hydrogen (secondary N) is 2. The molecule has 0 saturated heterocycles. The Morgan fingerprint density at radius 2 is 1.62 bits per heavy atom. The number of carbonyl (C=O) groups is 1. The number of pyridine rings is 1. The van der Waals surface area contributed by atoms with E-state index in [9.17, 15) is 4.79 Å². The fraction of sp³-hybridized carbons (Fsp3) is 0. The minimum Gasteiger partial charge on any atom is -0.280 e. The fourth-order valence-electron chi connectivity index (χ4n) is 2.75. The first kappa shape index (κ1) is 19.0. The molecule has 8 heteroatoms. The highest BCUT2D eigenvalue weighted by Crippen LogP contribution is 2.23. The number of anilines is 1. The molecule has 4 rings (SSSR count). The smallest absolute Gasteiger partial charge is 0.280 e. The lowest BCUT2D eigenvalue weighted by atomic mass is 10.1. The predicted octanol–water partition coefficient (Wildman–Crippen LogP) is 5.00. The van der Waals surface area contributed by atoms with Crippen LogP contribution in [0.1, 0.15) is 10.5 Å². The molecule has 0 unspecified atom stereocenters. The van der Waals surface area contributed by atoms with Crippen LogP contribution < -0.4 is 10.9 Å². The van der Waals surface area contributed by atoms with Gasteiger partial charge in [0.05, 0.1) is 21.4 Å². The number of hydrogen-bond acceptors (Lipinski definition) is 4. The van der Waals surface area contributed by atoms with Gasteiger partial charge in [0.1, 0.15) is 5.69 Å². The minimum absolute atomic E-state index is 0.290. The summed E-state index contributed by atoms with van der Waals surface area (Å²) in [5.74, 6) is -0.102. The molecule has 4 aromatic rings. The van der Waals surface area contributed by atoms with Crippen molar-refractivity contribution in [2.45, 2.75) is 0 Å². The van der Waals surface area contributed by atoms with Gasteiger partial charge < -0.3 is 0 Å². The molecule has 0 aliphatic rings. The van der Waals surface area contributed by atoms with Crippen molar-refractivity contribution in [2.24, 2.45) is 0 Å². The van der Waals surface area contributed by atoms with Crippen LogP contribution in [0.4, 0.5) is 5.82 Å². The summed E-state index contributed by atoms with van der Waals surface area (Å²) in [6.07, 6.45) is 1.43. The number of nitrogens with zero attached hydrogens (tertiary/aromatic N) is 3. The van der Waals surface area contributed by atoms with Crippen molar-refractivity contribution in [3.8, 4) is 16.9 Å². The van der Waals surface area contributed by atoms with Crippen LogP contribution in [-0.4, -0.2) is 20.7 Å². The van der Waals surface area contributed by atoms with Crippen LogP contribution in [0.3, 0.4) is 0 Å². The van der Waals surface area contributed by atoms with E-state index < -0.39 is 5.91 Å². The highest BCUT2D eigenvalue weighted by atomic mass is 35.5. The van der Waals surface area contributed by atoms with E-state index in [2.05, 4.69) is 20.9 Å². The van der Waals surface area contributed by atoms with Gasteiger partial charge in [-0.2, -0.15) is 5.10 Å². The van der Waals surface area contributed by atoms with Gasteiger partial charge in [0, 0.05) is 11.8 Å². The van der Waals surface area contributed by atoms with Crippen molar-refractivity contribution in [2.75, 3.05) is 5.43 Å². The van der Waals surface area contributed by atoms with Gasteiger partial charge in [0.15, 0.2) is 5.82 Å². The number of para-hydroxylation sites is 1. The number of amides is 1. The molecule has 1 amide bonds. The van der Waals surface area contributed by atoms with Crippen molar-refractivity contribution in [1.82, 2.24) is 20.2 Å². The zero-order chi connectivity index (χ0) is 20.2. The van der Waals surface area contributed by atoms with Gasteiger partial charge in [0.25, 0.3) is 5.91 Å². The first-order chi connectivity index (χ1) is 14.1. The number of hydrogen-bond donors (Lipinski definition) is 2. The number of aromatic nitrogens is 3. The molecule has 0 saturated carbocycles. The monoisotopic (exact) mass is 423 g/mol. The number of benzene rings is 2. The summed E-state index contributed by atoms with van der Waals surface area (Å²) in [6.45, 7) is 0. The lowest BCUT2D eigenvalue weighted by Crippen LogP contribution is -2.31. The van der Waals surface area contributed by atoms with Crippen molar-refractivity contribution < 1.29 is 4.79 Å². The largest absolute Gasteiger partial charge is 0.288 e. The molecule has 2 heterocycles. The summed E-state index contributed by atoms with van der Waals surface area (Å²) in [7, 11) is 0. The van der Waals surface area contributed by atoms with Crippen LogP contribution in [0.5, 0.6) is 0 Å². The Labute approximate surface area is 177 Å². The summed E-state index contributed by atoms with van der Waals surface area (Å²) in [5.41, 5.74) is 8.05. The molecule has 0 fully saturated rings. The van der Waals surface area contributed by atoms with E-state index in [1.165, 1.54) is 12.3 Å². The van der Waals surface area contributed by atoms with Crippen LogP contribution in [0, 0.1) is 0 Å². The number of carbonyl (C=O) groups excluding carboxylic acids is 1. The zero-order valence-electron chi connectivity index (χ0n) is 15.0. The Morgan fingerprint density at radius 3 is 2.31 bits per heavy atom. The summed E-state index contributed by atoms with van der Waals surface area (Å²) in [5, 5.41) is 5.32. The molecule has 2 aromatic carbocycles. The molecule has 144 valence electrons. The number of hydrazine groups is 1. The Hall–Kier alpha value is -3.35. The predicted molar refractivity (Wildman–Crippen MR) is 114 cm³/mol. The van der Waals surface area contributed by atoms with E-state index in [-0.39, 0.29) is 0 Å². The SMILES string of the molecule is O=C(NNc1ncc(Cl)cc1Cl)c1cc(-c2ccccc2)nn1-c1ccccc1. The third kappa shape index (κ3) is 4.23. The summed E-state index contributed by atoms with van der Waals surface area (Å²) >= 11 is 11.9. The quantitative estimate of drug-likeness (QED) is 0.443. The van der Waals surface area contributed by atoms with Gasteiger partial charge in [-0.1, -0.05) is 71.7 Å². The maximum Gasteiger partial charge on any atom is 0.288 e. The molecule has 0 atom stereocenters. The van der Waals surface area contributed by atoms with E-state index in [1.54, 1.807) is 10.7 Å². The van der Waals surface area contributed by atoms with Gasteiger partial charge in [-0.3, -0.25) is 15.6 Å². The van der Waals surface area contributed by atoms with Crippen LogP contribution >= 0.6 is 23.2 Å². The molecule has 2 aromatic heterocycles. The molecular weight excluding hydrogens is 409 g/mol. The molecule has 0 spiro atoms. The van der Waals surface area contributed by atoms with E-state index in [0.717, 1.165) is 11.3 Å². The highest BCUT2D eigenvalue weighted by Gasteiger charge is 2.18. The lowest BCUT2D eigenvalue weighted by molar-refractivity contribution is 0.0955. The van der Waals surface area contributed by atoms with E-state index in [1.807, 2.05) is 60.7 Å². The Balaban J connectivity index is 1.66. The topological polar surface area (TPSA) is 71.8 Å². The first-order valence-electron chi connectivity index (χ1n) is 8.70. The Bertz CT molecular complexity index is 1150. The maximum absolute atomic E-state index is 12.9. The summed E-state index contributed by atoms with van der Waals surface area (Å²) in [4.78, 5) is 17.0. The normalized spacial score (nSPS) is 10.6. The Kier molecular flexibility index (Phi) is 5.46. The van der Waals surface area contributed by atoms with E-state index in [0.29, 0.717) is 27.3 Å². The third-order valence-electron chi connectivity index (χ3n) is 4.11. The number of rotatable bonds is 5. The molecule has 0 radical (unpaired) electrons.